The second-order valence-corrected chi connectivity index (χ2v) is 6.10. The standard InChI is InChI=1S/C17H23N5O2/c18-8-14-7-16(21-20-14)17(24)19-9-15(23)11-22-6-5-12-3-1-2-4-13(12)10-22/h1-4,7,15,23H,5-6,8-11,18H2,(H,19,24)(H,20,21)/t15-/m1/s1. The normalized spacial score (nSPS) is 15.8. The highest BCUT2D eigenvalue weighted by Crippen LogP contribution is 2.18. The molecule has 1 aromatic carbocycles. The van der Waals surface area contributed by atoms with Crippen LogP contribution in [0.3, 0.4) is 0 Å². The van der Waals surface area contributed by atoms with Crippen molar-refractivity contribution in [2.24, 2.45) is 5.73 Å². The minimum Gasteiger partial charge on any atom is -0.390 e. The van der Waals surface area contributed by atoms with E-state index in [0.717, 1.165) is 19.5 Å². The summed E-state index contributed by atoms with van der Waals surface area (Å²) in [6, 6.07) is 10.00. The van der Waals surface area contributed by atoms with Gasteiger partial charge in [-0.05, 0) is 23.6 Å². The van der Waals surface area contributed by atoms with Gasteiger partial charge in [0, 0.05) is 38.4 Å². The van der Waals surface area contributed by atoms with Crippen molar-refractivity contribution in [3.8, 4) is 0 Å². The Balaban J connectivity index is 1.46. The van der Waals surface area contributed by atoms with Gasteiger partial charge in [-0.1, -0.05) is 24.3 Å². The van der Waals surface area contributed by atoms with Gasteiger partial charge >= 0.3 is 0 Å². The van der Waals surface area contributed by atoms with Gasteiger partial charge in [-0.2, -0.15) is 5.10 Å². The first-order valence-electron chi connectivity index (χ1n) is 8.15. The van der Waals surface area contributed by atoms with E-state index in [9.17, 15) is 9.90 Å². The zero-order valence-corrected chi connectivity index (χ0v) is 13.5. The number of rotatable bonds is 6. The van der Waals surface area contributed by atoms with Crippen molar-refractivity contribution in [1.29, 1.82) is 0 Å². The van der Waals surface area contributed by atoms with E-state index in [1.807, 2.05) is 6.07 Å². The first-order chi connectivity index (χ1) is 11.7. The van der Waals surface area contributed by atoms with Crippen molar-refractivity contribution in [2.75, 3.05) is 19.6 Å². The summed E-state index contributed by atoms with van der Waals surface area (Å²) in [5, 5.41) is 19.5. The van der Waals surface area contributed by atoms with Gasteiger partial charge in [0.2, 0.25) is 0 Å². The molecule has 0 bridgehead atoms. The van der Waals surface area contributed by atoms with Crippen LogP contribution in [0.15, 0.2) is 30.3 Å². The lowest BCUT2D eigenvalue weighted by Crippen LogP contribution is -2.42. The lowest BCUT2D eigenvalue weighted by molar-refractivity contribution is 0.0838. The Morgan fingerprint density at radius 3 is 2.96 bits per heavy atom. The van der Waals surface area contributed by atoms with E-state index in [4.69, 9.17) is 5.73 Å². The molecule has 1 aromatic heterocycles. The van der Waals surface area contributed by atoms with Crippen LogP contribution < -0.4 is 11.1 Å². The van der Waals surface area contributed by atoms with Crippen LogP contribution in [0.1, 0.15) is 27.3 Å². The smallest absolute Gasteiger partial charge is 0.271 e. The van der Waals surface area contributed by atoms with Gasteiger partial charge in [-0.25, -0.2) is 0 Å². The molecule has 1 atom stereocenters. The Morgan fingerprint density at radius 1 is 1.42 bits per heavy atom. The Hall–Kier alpha value is -2.22. The van der Waals surface area contributed by atoms with Gasteiger partial charge in [0.15, 0.2) is 0 Å². The summed E-state index contributed by atoms with van der Waals surface area (Å²) in [6.07, 6.45) is 0.372. The Kier molecular flexibility index (Phi) is 5.24. The van der Waals surface area contributed by atoms with Crippen LogP contribution in [-0.2, 0) is 19.5 Å². The van der Waals surface area contributed by atoms with Gasteiger partial charge < -0.3 is 16.2 Å². The Labute approximate surface area is 140 Å². The van der Waals surface area contributed by atoms with Gasteiger partial charge in [0.05, 0.1) is 6.10 Å². The summed E-state index contributed by atoms with van der Waals surface area (Å²) < 4.78 is 0. The first-order valence-corrected chi connectivity index (χ1v) is 8.15. The molecule has 7 heteroatoms. The number of aliphatic hydroxyl groups excluding tert-OH is 1. The highest BCUT2D eigenvalue weighted by atomic mass is 16.3. The lowest BCUT2D eigenvalue weighted by Gasteiger charge is -2.30. The van der Waals surface area contributed by atoms with Crippen molar-refractivity contribution < 1.29 is 9.90 Å². The fraction of sp³-hybridized carbons (Fsp3) is 0.412. The summed E-state index contributed by atoms with van der Waals surface area (Å²) in [5.41, 5.74) is 9.15. The van der Waals surface area contributed by atoms with Gasteiger partial charge in [-0.3, -0.25) is 14.8 Å². The molecule has 2 heterocycles. The molecule has 0 radical (unpaired) electrons. The second kappa shape index (κ2) is 7.57. The van der Waals surface area contributed by atoms with Gasteiger partial charge in [0.25, 0.3) is 5.91 Å². The van der Waals surface area contributed by atoms with E-state index in [0.29, 0.717) is 18.8 Å². The Morgan fingerprint density at radius 2 is 2.21 bits per heavy atom. The van der Waals surface area contributed by atoms with E-state index in [-0.39, 0.29) is 18.1 Å². The molecule has 1 aliphatic heterocycles. The molecule has 3 rings (SSSR count). The molecular formula is C17H23N5O2. The number of hydrogen-bond acceptors (Lipinski definition) is 5. The predicted molar refractivity (Wildman–Crippen MR) is 90.2 cm³/mol. The van der Waals surface area contributed by atoms with Crippen molar-refractivity contribution >= 4 is 5.91 Å². The molecule has 0 fully saturated rings. The molecule has 0 aliphatic carbocycles. The summed E-state index contributed by atoms with van der Waals surface area (Å²) in [7, 11) is 0. The maximum atomic E-state index is 12.0. The minimum absolute atomic E-state index is 0.196. The molecule has 7 nitrogen and oxygen atoms in total. The number of aromatic amines is 1. The summed E-state index contributed by atoms with van der Waals surface area (Å²) in [4.78, 5) is 14.2. The fourth-order valence-electron chi connectivity index (χ4n) is 2.96. The molecule has 0 spiro atoms. The number of fused-ring (bicyclic) bond motifs is 1. The number of carbonyl (C=O) groups excluding carboxylic acids is 1. The van der Waals surface area contributed by atoms with Crippen molar-refractivity contribution in [2.45, 2.75) is 25.6 Å². The van der Waals surface area contributed by atoms with Crippen molar-refractivity contribution in [1.82, 2.24) is 20.4 Å². The van der Waals surface area contributed by atoms with Crippen molar-refractivity contribution in [3.63, 3.8) is 0 Å². The average molecular weight is 329 g/mol. The zero-order chi connectivity index (χ0) is 16.9. The number of hydrogen-bond donors (Lipinski definition) is 4. The zero-order valence-electron chi connectivity index (χ0n) is 13.5. The van der Waals surface area contributed by atoms with Gasteiger partial charge in [0.1, 0.15) is 5.69 Å². The van der Waals surface area contributed by atoms with Crippen LogP contribution in [0.4, 0.5) is 0 Å². The summed E-state index contributed by atoms with van der Waals surface area (Å²) >= 11 is 0. The molecule has 1 aliphatic rings. The van der Waals surface area contributed by atoms with Crippen LogP contribution in [0.2, 0.25) is 0 Å². The van der Waals surface area contributed by atoms with Crippen LogP contribution in [0, 0.1) is 0 Å². The largest absolute Gasteiger partial charge is 0.390 e. The van der Waals surface area contributed by atoms with Crippen molar-refractivity contribution in [3.05, 3.63) is 52.8 Å². The number of carbonyl (C=O) groups is 1. The first kappa shape index (κ1) is 16.6. The highest BCUT2D eigenvalue weighted by Gasteiger charge is 2.19. The second-order valence-electron chi connectivity index (χ2n) is 6.10. The maximum absolute atomic E-state index is 12.0. The van der Waals surface area contributed by atoms with E-state index >= 15 is 0 Å². The monoisotopic (exact) mass is 329 g/mol. The van der Waals surface area contributed by atoms with E-state index in [1.165, 1.54) is 11.1 Å². The highest BCUT2D eigenvalue weighted by molar-refractivity contribution is 5.92. The lowest BCUT2D eigenvalue weighted by atomic mass is 10.00. The number of aromatic nitrogens is 2. The fourth-order valence-corrected chi connectivity index (χ4v) is 2.96. The molecule has 0 unspecified atom stereocenters. The number of H-pyrrole nitrogens is 1. The minimum atomic E-state index is -0.618. The molecule has 1 amide bonds. The third-order valence-corrected chi connectivity index (χ3v) is 4.26. The molecule has 0 saturated heterocycles. The van der Waals surface area contributed by atoms with Crippen LogP contribution in [0.25, 0.3) is 0 Å². The molecule has 128 valence electrons. The molecule has 5 N–H and O–H groups in total. The SMILES string of the molecule is NCc1cc(C(=O)NC[C@@H](O)CN2CCc3ccccc3C2)n[nH]1. The third-order valence-electron chi connectivity index (χ3n) is 4.26. The predicted octanol–water partition coefficient (Wildman–Crippen LogP) is 0.0174. The number of nitrogens with zero attached hydrogens (tertiary/aromatic N) is 2. The molecular weight excluding hydrogens is 306 g/mol. The average Bonchev–Trinajstić information content (AvgIpc) is 3.09. The number of nitrogens with two attached hydrogens (primary N) is 1. The number of benzene rings is 1. The summed E-state index contributed by atoms with van der Waals surface area (Å²) in [5.74, 6) is -0.311. The van der Waals surface area contributed by atoms with Gasteiger partial charge in [-0.15, -0.1) is 0 Å². The third kappa shape index (κ3) is 4.00. The van der Waals surface area contributed by atoms with E-state index in [2.05, 4.69) is 38.6 Å². The van der Waals surface area contributed by atoms with Crippen LogP contribution in [0.5, 0.6) is 0 Å². The molecule has 2 aromatic rings. The van der Waals surface area contributed by atoms with Crippen LogP contribution >= 0.6 is 0 Å². The summed E-state index contributed by atoms with van der Waals surface area (Å²) in [6.45, 7) is 2.78. The van der Waals surface area contributed by atoms with E-state index < -0.39 is 6.10 Å². The van der Waals surface area contributed by atoms with E-state index in [1.54, 1.807) is 6.07 Å². The topological polar surface area (TPSA) is 107 Å². The number of aliphatic hydroxyl groups is 1. The quantitative estimate of drug-likeness (QED) is 0.597. The number of amides is 1. The molecule has 24 heavy (non-hydrogen) atoms. The molecule has 0 saturated carbocycles. The Bertz CT molecular complexity index is 700. The maximum Gasteiger partial charge on any atom is 0.271 e. The van der Waals surface area contributed by atoms with Crippen LogP contribution in [-0.4, -0.2) is 51.8 Å². The number of nitrogens with one attached hydrogen (secondary N) is 2. The number of β-amino-alcohol motifs (C(OH)–C–C–N with tert-alkyl or cyclic N) is 1.